The first-order chi connectivity index (χ1) is 16.8. The van der Waals surface area contributed by atoms with Gasteiger partial charge in [-0.3, -0.25) is 0 Å². The Morgan fingerprint density at radius 1 is 0.763 bits per heavy atom. The molecule has 0 aliphatic carbocycles. The molecular formula is C25H51ClN2O9Si. The summed E-state index contributed by atoms with van der Waals surface area (Å²) in [6, 6.07) is -1.74. The molecule has 0 saturated carbocycles. The van der Waals surface area contributed by atoms with Gasteiger partial charge in [0.1, 0.15) is 17.2 Å². The average Bonchev–Trinajstić information content (AvgIpc) is 2.71. The number of methoxy groups -OCH3 is 2. The molecule has 38 heavy (non-hydrogen) atoms. The quantitative estimate of drug-likeness (QED) is 0.173. The monoisotopic (exact) mass is 586 g/mol. The van der Waals surface area contributed by atoms with Gasteiger partial charge in [0.2, 0.25) is 0 Å². The highest BCUT2D eigenvalue weighted by atomic mass is 35.6. The number of carbonyl (C=O) groups excluding carboxylic acids is 4. The summed E-state index contributed by atoms with van der Waals surface area (Å²) < 4.78 is 18.8. The Bertz CT molecular complexity index is 675. The van der Waals surface area contributed by atoms with E-state index in [0.29, 0.717) is 11.5 Å². The van der Waals surface area contributed by atoms with Crippen LogP contribution in [-0.4, -0.2) is 80.7 Å². The van der Waals surface area contributed by atoms with Crippen LogP contribution >= 0.6 is 11.1 Å². The van der Waals surface area contributed by atoms with Crippen LogP contribution in [0.5, 0.6) is 0 Å². The summed E-state index contributed by atoms with van der Waals surface area (Å²) >= 11 is 6.15. The van der Waals surface area contributed by atoms with Gasteiger partial charge in [-0.25, -0.2) is 19.2 Å². The third kappa shape index (κ3) is 22.0. The zero-order valence-corrected chi connectivity index (χ0v) is 27.4. The summed E-state index contributed by atoms with van der Waals surface area (Å²) in [7, 11) is 1.06. The van der Waals surface area contributed by atoms with Crippen molar-refractivity contribution in [3.8, 4) is 0 Å². The maximum Gasteiger partial charge on any atom is 0.408 e. The zero-order valence-electron chi connectivity index (χ0n) is 25.7. The summed E-state index contributed by atoms with van der Waals surface area (Å²) in [6.07, 6.45) is -0.918. The number of alkyl carbamates (subject to hydrolysis) is 2. The van der Waals surface area contributed by atoms with E-state index in [1.807, 2.05) is 0 Å². The lowest BCUT2D eigenvalue weighted by Crippen LogP contribution is -2.46. The van der Waals surface area contributed by atoms with Gasteiger partial charge in [-0.05, 0) is 53.0 Å². The maximum atomic E-state index is 11.3. The van der Waals surface area contributed by atoms with Crippen LogP contribution in [0.4, 0.5) is 9.59 Å². The topological polar surface area (TPSA) is 149 Å². The van der Waals surface area contributed by atoms with E-state index < -0.39 is 61.4 Å². The van der Waals surface area contributed by atoms with Crippen LogP contribution in [0.2, 0.25) is 18.1 Å². The fourth-order valence-electron chi connectivity index (χ4n) is 1.69. The second-order valence-corrected chi connectivity index (χ2v) is 19.0. The number of amides is 2. The van der Waals surface area contributed by atoms with E-state index >= 15 is 0 Å². The fraction of sp³-hybridized carbons (Fsp3) is 0.840. The smallest absolute Gasteiger partial charge is 0.408 e. The van der Waals surface area contributed by atoms with E-state index in [1.54, 1.807) is 48.5 Å². The molecule has 0 fully saturated rings. The first kappa shape index (κ1) is 40.4. The van der Waals surface area contributed by atoms with E-state index in [1.165, 1.54) is 14.2 Å². The van der Waals surface area contributed by atoms with Gasteiger partial charge in [0, 0.05) is 0 Å². The lowest BCUT2D eigenvalue weighted by Gasteiger charge is -2.29. The van der Waals surface area contributed by atoms with Gasteiger partial charge in [-0.1, -0.05) is 40.8 Å². The molecule has 11 nitrogen and oxygen atoms in total. The van der Waals surface area contributed by atoms with Crippen molar-refractivity contribution < 1.29 is 43.2 Å². The fourth-order valence-corrected chi connectivity index (χ4v) is 1.69. The maximum absolute atomic E-state index is 11.3. The van der Waals surface area contributed by atoms with Crippen LogP contribution in [-0.2, 0) is 28.5 Å². The van der Waals surface area contributed by atoms with Crippen LogP contribution < -0.4 is 10.6 Å². The van der Waals surface area contributed by atoms with E-state index in [9.17, 15) is 19.2 Å². The first-order valence-electron chi connectivity index (χ1n) is 12.3. The first-order valence-corrected chi connectivity index (χ1v) is 16.3. The molecule has 0 rings (SSSR count). The number of halogens is 1. The Balaban J connectivity index is -0.000000508. The molecule has 0 aromatic rings. The van der Waals surface area contributed by atoms with Crippen molar-refractivity contribution in [1.29, 1.82) is 0 Å². The minimum atomic E-state index is -1.39. The van der Waals surface area contributed by atoms with Gasteiger partial charge in [-0.15, -0.1) is 0 Å². The van der Waals surface area contributed by atoms with Crippen molar-refractivity contribution in [2.24, 2.45) is 0 Å². The Hall–Kier alpha value is -2.05. The van der Waals surface area contributed by atoms with Gasteiger partial charge < -0.3 is 34.7 Å². The second-order valence-electron chi connectivity index (χ2n) is 11.8. The minimum Gasteiger partial charge on any atom is -0.467 e. The largest absolute Gasteiger partial charge is 0.467 e. The Morgan fingerprint density at radius 3 is 1.26 bits per heavy atom. The highest BCUT2D eigenvalue weighted by molar-refractivity contribution is 7.20. The number of nitrogens with one attached hydrogen (secondary N) is 2. The van der Waals surface area contributed by atoms with Crippen LogP contribution in [0, 0.1) is 0 Å². The Labute approximate surface area is 234 Å². The highest BCUT2D eigenvalue weighted by Gasteiger charge is 2.32. The zero-order chi connectivity index (χ0) is 31.1. The third-order valence-electron chi connectivity index (χ3n) is 4.73. The SMILES string of the molecule is CC(C)(C)[Si](C)(C)Cl.CC[C@@H](NC(=O)OC(C)(C)C)C(=O)OC.COC(=O)[C@@H](CO)NC(=O)OC(C)(C)C. The number of aliphatic hydroxyl groups excluding tert-OH is 1. The summed E-state index contributed by atoms with van der Waals surface area (Å²) in [6.45, 7) is 22.5. The van der Waals surface area contributed by atoms with Crippen molar-refractivity contribution in [2.45, 2.75) is 117 Å². The van der Waals surface area contributed by atoms with Crippen molar-refractivity contribution >= 4 is 42.6 Å². The molecular weight excluding hydrogens is 536 g/mol. The molecule has 0 heterocycles. The van der Waals surface area contributed by atoms with Crippen LogP contribution in [0.25, 0.3) is 0 Å². The Kier molecular flexibility index (Phi) is 18.6. The average molecular weight is 587 g/mol. The van der Waals surface area contributed by atoms with E-state index in [0.717, 1.165) is 0 Å². The van der Waals surface area contributed by atoms with Crippen LogP contribution in [0.1, 0.15) is 75.7 Å². The van der Waals surface area contributed by atoms with Crippen molar-refractivity contribution in [3.63, 3.8) is 0 Å². The molecule has 0 saturated heterocycles. The van der Waals surface area contributed by atoms with E-state index in [4.69, 9.17) is 25.7 Å². The molecule has 0 unspecified atom stereocenters. The van der Waals surface area contributed by atoms with Crippen molar-refractivity contribution in [1.82, 2.24) is 10.6 Å². The van der Waals surface area contributed by atoms with Gasteiger partial charge in [0.05, 0.1) is 20.8 Å². The second kappa shape index (κ2) is 17.5. The molecule has 0 aliphatic heterocycles. The predicted molar refractivity (Wildman–Crippen MR) is 151 cm³/mol. The molecule has 13 heteroatoms. The molecule has 2 atom stereocenters. The molecule has 3 N–H and O–H groups in total. The highest BCUT2D eigenvalue weighted by Crippen LogP contribution is 2.38. The molecule has 0 radical (unpaired) electrons. The number of ether oxygens (including phenoxy) is 4. The summed E-state index contributed by atoms with van der Waals surface area (Å²) in [5.41, 5.74) is -1.22. The predicted octanol–water partition coefficient (Wildman–Crippen LogP) is 4.74. The lowest BCUT2D eigenvalue weighted by molar-refractivity contribution is -0.144. The molecule has 0 bridgehead atoms. The van der Waals surface area contributed by atoms with E-state index in [-0.39, 0.29) is 0 Å². The number of rotatable bonds is 6. The Morgan fingerprint density at radius 2 is 1.05 bits per heavy atom. The van der Waals surface area contributed by atoms with Crippen LogP contribution in [0.3, 0.4) is 0 Å². The molecule has 0 aromatic carbocycles. The summed E-state index contributed by atoms with van der Waals surface area (Å²) in [5, 5.41) is 13.8. The number of carbonyl (C=O) groups is 4. The normalized spacial score (nSPS) is 13.2. The number of aliphatic hydroxyl groups is 1. The summed E-state index contributed by atoms with van der Waals surface area (Å²) in [4.78, 5) is 44.6. The van der Waals surface area contributed by atoms with E-state index in [2.05, 4.69) is 54.0 Å². The van der Waals surface area contributed by atoms with Gasteiger partial charge in [-0.2, -0.15) is 11.1 Å². The lowest BCUT2D eigenvalue weighted by atomic mass is 10.2. The van der Waals surface area contributed by atoms with Gasteiger partial charge >= 0.3 is 24.1 Å². The number of esters is 2. The van der Waals surface area contributed by atoms with Crippen molar-refractivity contribution in [3.05, 3.63) is 0 Å². The standard InChI is InChI=1S/C10H19NO4.C9H17NO5.C6H15ClSi/c1-6-7(8(12)14-5)11-9(13)15-10(2,3)4;1-9(2,3)15-8(13)10-6(5-11)7(12)14-4;1-6(2,3)8(4,5)7/h7H,6H2,1-5H3,(H,11,13);6,11H,5H2,1-4H3,(H,10,13);1-5H3/t7-;6-;/m11./s1. The minimum absolute atomic E-state index is 0.342. The third-order valence-corrected chi connectivity index (χ3v) is 10.00. The number of hydrogen-bond acceptors (Lipinski definition) is 9. The van der Waals surface area contributed by atoms with Gasteiger partial charge in [0.25, 0.3) is 0 Å². The molecule has 226 valence electrons. The molecule has 0 aromatic heterocycles. The summed E-state index contributed by atoms with van der Waals surface area (Å²) in [5.74, 6) is -1.19. The van der Waals surface area contributed by atoms with Crippen molar-refractivity contribution in [2.75, 3.05) is 20.8 Å². The van der Waals surface area contributed by atoms with Crippen LogP contribution in [0.15, 0.2) is 0 Å². The number of hydrogen-bond donors (Lipinski definition) is 3. The molecule has 0 spiro atoms. The molecule has 2 amide bonds. The molecule has 0 aliphatic rings. The van der Waals surface area contributed by atoms with Gasteiger partial charge in [0.15, 0.2) is 13.4 Å².